The van der Waals surface area contributed by atoms with Gasteiger partial charge in [-0.05, 0) is 61.9 Å². The van der Waals surface area contributed by atoms with E-state index in [-0.39, 0.29) is 24.9 Å². The molecule has 2 heterocycles. The number of hydrogen-bond acceptors (Lipinski definition) is 4. The molecule has 0 saturated carbocycles. The predicted molar refractivity (Wildman–Crippen MR) is 148 cm³/mol. The first kappa shape index (κ1) is 28.9. The zero-order valence-corrected chi connectivity index (χ0v) is 23.4. The number of nitrogens with zero attached hydrogens (tertiary/aromatic N) is 2. The number of alkyl halides is 3. The second-order valence-corrected chi connectivity index (χ2v) is 11.1. The standard InChI is InChI=1S/C29H31BrF3N3O3/c1-17-6-5-13-36(16-17)27-18(2)26(22-14-20(30)10-11-24(22)35-27)28(39)34-15-19(9-12-25(37)38)21-7-3-4-8-23(21)29(31,32)33/h3-4,7-8,10-11,14,17,19H,5-6,9,12-13,15-16H2,1-2H3,(H,34,39)(H,37,38)/t17-,19-/m0/s1. The summed E-state index contributed by atoms with van der Waals surface area (Å²) in [6.45, 7) is 5.53. The van der Waals surface area contributed by atoms with E-state index >= 15 is 0 Å². The molecular weight excluding hydrogens is 575 g/mol. The molecule has 208 valence electrons. The molecule has 0 radical (unpaired) electrons. The number of anilines is 1. The molecule has 0 aliphatic carbocycles. The van der Waals surface area contributed by atoms with Crippen molar-refractivity contribution >= 4 is 44.5 Å². The Labute approximate surface area is 233 Å². The zero-order chi connectivity index (χ0) is 28.3. The van der Waals surface area contributed by atoms with E-state index in [9.17, 15) is 27.9 Å². The maximum Gasteiger partial charge on any atom is 0.416 e. The van der Waals surface area contributed by atoms with Crippen LogP contribution in [-0.2, 0) is 11.0 Å². The largest absolute Gasteiger partial charge is 0.481 e. The molecule has 1 aromatic heterocycles. The minimum atomic E-state index is -4.60. The Kier molecular flexibility index (Phi) is 8.83. The maximum absolute atomic E-state index is 13.8. The Morgan fingerprint density at radius 2 is 1.97 bits per heavy atom. The number of carboxylic acid groups (broad SMARTS) is 1. The zero-order valence-electron chi connectivity index (χ0n) is 21.8. The molecule has 1 amide bonds. The van der Waals surface area contributed by atoms with Crippen molar-refractivity contribution in [3.05, 3.63) is 69.2 Å². The molecule has 10 heteroatoms. The number of amides is 1. The van der Waals surface area contributed by atoms with Crippen LogP contribution >= 0.6 is 15.9 Å². The van der Waals surface area contributed by atoms with Crippen molar-refractivity contribution in [3.63, 3.8) is 0 Å². The Hall–Kier alpha value is -3.14. The van der Waals surface area contributed by atoms with Gasteiger partial charge in [0.1, 0.15) is 5.82 Å². The molecule has 0 bridgehead atoms. The van der Waals surface area contributed by atoms with Crippen LogP contribution in [0.2, 0.25) is 0 Å². The average Bonchev–Trinajstić information content (AvgIpc) is 2.87. The SMILES string of the molecule is Cc1c(N2CCC[C@H](C)C2)nc2ccc(Br)cc2c1C(=O)NC[C@H](CCC(=O)O)c1ccccc1C(F)(F)F. The van der Waals surface area contributed by atoms with E-state index in [2.05, 4.69) is 33.1 Å². The Morgan fingerprint density at radius 3 is 2.67 bits per heavy atom. The maximum atomic E-state index is 13.8. The number of aliphatic carboxylic acids is 1. The predicted octanol–water partition coefficient (Wildman–Crippen LogP) is 6.94. The third kappa shape index (κ3) is 6.72. The van der Waals surface area contributed by atoms with Crippen LogP contribution in [0, 0.1) is 12.8 Å². The molecule has 1 saturated heterocycles. The normalized spacial score (nSPS) is 16.8. The van der Waals surface area contributed by atoms with E-state index < -0.39 is 29.5 Å². The molecule has 3 aromatic rings. The van der Waals surface area contributed by atoms with Gasteiger partial charge in [-0.25, -0.2) is 4.98 Å². The number of benzene rings is 2. The van der Waals surface area contributed by atoms with Gasteiger partial charge in [-0.3, -0.25) is 9.59 Å². The minimum Gasteiger partial charge on any atom is -0.481 e. The molecule has 39 heavy (non-hydrogen) atoms. The van der Waals surface area contributed by atoms with Gasteiger partial charge in [0.05, 0.1) is 16.6 Å². The molecule has 0 unspecified atom stereocenters. The summed E-state index contributed by atoms with van der Waals surface area (Å²) < 4.78 is 42.1. The lowest BCUT2D eigenvalue weighted by Crippen LogP contribution is -2.36. The van der Waals surface area contributed by atoms with Crippen molar-refractivity contribution < 1.29 is 27.9 Å². The fourth-order valence-corrected chi connectivity index (χ4v) is 5.74. The number of aromatic nitrogens is 1. The van der Waals surface area contributed by atoms with Crippen LogP contribution in [0.5, 0.6) is 0 Å². The van der Waals surface area contributed by atoms with Crippen molar-refractivity contribution in [1.29, 1.82) is 0 Å². The van der Waals surface area contributed by atoms with Gasteiger partial charge in [0.2, 0.25) is 0 Å². The van der Waals surface area contributed by atoms with Crippen molar-refractivity contribution in [1.82, 2.24) is 10.3 Å². The number of nitrogens with one attached hydrogen (secondary N) is 1. The van der Waals surface area contributed by atoms with E-state index in [0.717, 1.165) is 42.3 Å². The van der Waals surface area contributed by atoms with E-state index in [1.54, 1.807) is 0 Å². The van der Waals surface area contributed by atoms with Gasteiger partial charge in [0, 0.05) is 47.4 Å². The van der Waals surface area contributed by atoms with Gasteiger partial charge in [0.15, 0.2) is 0 Å². The van der Waals surface area contributed by atoms with Crippen LogP contribution in [0.25, 0.3) is 10.9 Å². The average molecular weight is 606 g/mol. The lowest BCUT2D eigenvalue weighted by Gasteiger charge is -2.33. The smallest absolute Gasteiger partial charge is 0.416 e. The third-order valence-electron chi connectivity index (χ3n) is 7.27. The van der Waals surface area contributed by atoms with Gasteiger partial charge < -0.3 is 15.3 Å². The fraction of sp³-hybridized carbons (Fsp3) is 0.414. The number of fused-ring (bicyclic) bond motifs is 1. The fourth-order valence-electron chi connectivity index (χ4n) is 5.38. The summed E-state index contributed by atoms with van der Waals surface area (Å²) in [5, 5.41) is 12.7. The van der Waals surface area contributed by atoms with Gasteiger partial charge in [-0.1, -0.05) is 41.1 Å². The van der Waals surface area contributed by atoms with Gasteiger partial charge in [0.25, 0.3) is 5.91 Å². The van der Waals surface area contributed by atoms with Gasteiger partial charge >= 0.3 is 12.1 Å². The second kappa shape index (κ2) is 11.9. The molecule has 2 N–H and O–H groups in total. The molecule has 2 atom stereocenters. The Bertz CT molecular complexity index is 1380. The van der Waals surface area contributed by atoms with Crippen LogP contribution in [0.1, 0.15) is 65.6 Å². The highest BCUT2D eigenvalue weighted by Crippen LogP contribution is 2.37. The molecule has 1 fully saturated rings. The molecule has 6 nitrogen and oxygen atoms in total. The van der Waals surface area contributed by atoms with E-state index in [4.69, 9.17) is 4.98 Å². The van der Waals surface area contributed by atoms with Crippen molar-refractivity contribution in [3.8, 4) is 0 Å². The number of piperidine rings is 1. The molecule has 2 aromatic carbocycles. The van der Waals surface area contributed by atoms with Gasteiger partial charge in [-0.2, -0.15) is 13.2 Å². The number of halogens is 4. The first-order valence-electron chi connectivity index (χ1n) is 13.0. The summed E-state index contributed by atoms with van der Waals surface area (Å²) >= 11 is 3.46. The van der Waals surface area contributed by atoms with Crippen molar-refractivity contribution in [2.24, 2.45) is 5.92 Å². The Morgan fingerprint density at radius 1 is 1.23 bits per heavy atom. The number of carbonyl (C=O) groups is 2. The minimum absolute atomic E-state index is 0.0337. The monoisotopic (exact) mass is 605 g/mol. The highest BCUT2D eigenvalue weighted by Gasteiger charge is 2.35. The van der Waals surface area contributed by atoms with E-state index in [0.29, 0.717) is 27.9 Å². The lowest BCUT2D eigenvalue weighted by molar-refractivity contribution is -0.138. The second-order valence-electron chi connectivity index (χ2n) is 10.2. The van der Waals surface area contributed by atoms with Crippen LogP contribution in [0.3, 0.4) is 0 Å². The topological polar surface area (TPSA) is 82.5 Å². The molecule has 0 spiro atoms. The molecular formula is C29H31BrF3N3O3. The third-order valence-corrected chi connectivity index (χ3v) is 7.76. The number of carbonyl (C=O) groups excluding carboxylic acids is 1. The van der Waals surface area contributed by atoms with Crippen LogP contribution in [-0.4, -0.2) is 41.6 Å². The summed E-state index contributed by atoms with van der Waals surface area (Å²) in [5.74, 6) is -1.18. The molecule has 1 aliphatic heterocycles. The van der Waals surface area contributed by atoms with E-state index in [1.165, 1.54) is 18.2 Å². The lowest BCUT2D eigenvalue weighted by atomic mass is 9.89. The molecule has 4 rings (SSSR count). The number of rotatable bonds is 8. The van der Waals surface area contributed by atoms with Crippen LogP contribution in [0.15, 0.2) is 46.9 Å². The first-order chi connectivity index (χ1) is 18.5. The van der Waals surface area contributed by atoms with E-state index in [1.807, 2.05) is 25.1 Å². The highest BCUT2D eigenvalue weighted by molar-refractivity contribution is 9.10. The summed E-state index contributed by atoms with van der Waals surface area (Å²) in [7, 11) is 0. The summed E-state index contributed by atoms with van der Waals surface area (Å²) in [6.07, 6.45) is -2.84. The Balaban J connectivity index is 1.70. The van der Waals surface area contributed by atoms with Crippen molar-refractivity contribution in [2.45, 2.75) is 51.6 Å². The van der Waals surface area contributed by atoms with Crippen LogP contribution in [0.4, 0.5) is 19.0 Å². The summed E-state index contributed by atoms with van der Waals surface area (Å²) in [4.78, 5) is 32.1. The number of carboxylic acids is 1. The number of pyridine rings is 1. The highest BCUT2D eigenvalue weighted by atomic mass is 79.9. The van der Waals surface area contributed by atoms with Crippen LogP contribution < -0.4 is 10.2 Å². The number of hydrogen-bond donors (Lipinski definition) is 2. The summed E-state index contributed by atoms with van der Waals surface area (Å²) in [6, 6.07) is 10.6. The van der Waals surface area contributed by atoms with Gasteiger partial charge in [-0.15, -0.1) is 0 Å². The van der Waals surface area contributed by atoms with Crippen molar-refractivity contribution in [2.75, 3.05) is 24.5 Å². The molecule has 1 aliphatic rings. The first-order valence-corrected chi connectivity index (χ1v) is 13.8. The summed E-state index contributed by atoms with van der Waals surface area (Å²) in [5.41, 5.74) is 0.895. The quantitative estimate of drug-likeness (QED) is 0.291.